The SMILES string of the molecule is Cc1cc(Cl)c(OCCOc2ccc(N[C@H]3CCN(N4CC[C@H](Nc5ccc(OCCOc6c(Cl)cc(C)cc6Cl)cc5)C(C(=O)N(Cc5cccc6c5OCO6)C5CC5)C4)CC3C(=O)N(Cc3cccc4c3OCCO4)C3CC3)cc2)c(Cl)c1.Cl. The maximum atomic E-state index is 15.6. The molecule has 4 aliphatic heterocycles. The van der Waals surface area contributed by atoms with Gasteiger partial charge in [-0.25, -0.2) is 10.0 Å². The predicted octanol–water partition coefficient (Wildman–Crippen LogP) is 13.0. The van der Waals surface area contributed by atoms with Crippen LogP contribution < -0.4 is 48.5 Å². The lowest BCUT2D eigenvalue weighted by molar-refractivity contribution is -0.151. The number of fused-ring (bicyclic) bond motifs is 2. The molecular weight excluding hydrogens is 1200 g/mol. The molecule has 21 heteroatoms. The van der Waals surface area contributed by atoms with Gasteiger partial charge < -0.3 is 58.3 Å². The summed E-state index contributed by atoms with van der Waals surface area (Å²) in [6, 6.07) is 34.5. The summed E-state index contributed by atoms with van der Waals surface area (Å²) < 4.78 is 47.8. The fraction of sp³-hybridized carbons (Fsp3) is 0.415. The zero-order valence-electron chi connectivity index (χ0n) is 48.1. The molecular formula is C65H71Cl5N6O10. The van der Waals surface area contributed by atoms with E-state index >= 15 is 9.59 Å². The summed E-state index contributed by atoms with van der Waals surface area (Å²) in [5, 5.41) is 14.1. The normalized spacial score (nSPS) is 19.8. The first-order valence-electron chi connectivity index (χ1n) is 29.4. The molecule has 4 fully saturated rings. The summed E-state index contributed by atoms with van der Waals surface area (Å²) in [4.78, 5) is 35.3. The molecule has 0 bridgehead atoms. The molecule has 2 aliphatic carbocycles. The Morgan fingerprint density at radius 2 is 0.930 bits per heavy atom. The van der Waals surface area contributed by atoms with E-state index in [1.807, 2.05) is 123 Å². The quantitative estimate of drug-likeness (QED) is 0.0587. The standard InChI is InChI=1S/C65H70Cl4N6O10.ClH/c1-40-31-52(66)62(53(67)32-40)82-28-25-78-48-17-9-44(10-18-48)70-56-21-23-72(37-50(56)64(76)74(46-13-14-46)35-42-5-3-7-58-60(42)81-30-27-80-58)73-24-22-57(51(38-73)65(77)75(47-15-16-47)36-43-6-4-8-59-61(43)85-39-84-59)71-45-11-19-49(20-12-45)79-26-29-83-63-54(68)33-41(2)34-55(63)69;/h3-12,17-20,31-34,46-47,50-51,56-57,70-71H,13-16,21-30,35-39H2,1-2H3;1H/t50?,51?,56-,57-;/m0./s1. The van der Waals surface area contributed by atoms with Crippen LogP contribution in [0.3, 0.4) is 0 Å². The first-order valence-corrected chi connectivity index (χ1v) is 30.9. The van der Waals surface area contributed by atoms with Gasteiger partial charge in [0, 0.05) is 85.9 Å². The van der Waals surface area contributed by atoms with Crippen LogP contribution in [0.15, 0.2) is 109 Å². The number of aryl methyl sites for hydroxylation is 2. The van der Waals surface area contributed by atoms with Crippen molar-refractivity contribution >= 4 is 82.0 Å². The number of piperidine rings is 2. The highest BCUT2D eigenvalue weighted by Crippen LogP contribution is 2.42. The first kappa shape index (κ1) is 61.3. The Kier molecular flexibility index (Phi) is 19.8. The molecule has 6 aliphatic rings. The number of anilines is 2. The third-order valence-electron chi connectivity index (χ3n) is 16.5. The maximum Gasteiger partial charge on any atom is 0.231 e. The van der Waals surface area contributed by atoms with E-state index in [-0.39, 0.29) is 81.6 Å². The van der Waals surface area contributed by atoms with E-state index in [0.717, 1.165) is 59.3 Å². The minimum atomic E-state index is -0.444. The van der Waals surface area contributed by atoms with Crippen LogP contribution in [-0.2, 0) is 22.7 Å². The maximum absolute atomic E-state index is 15.6. The fourth-order valence-corrected chi connectivity index (χ4v) is 13.3. The Balaban J connectivity index is 0.00000768. The summed E-state index contributed by atoms with van der Waals surface area (Å²) in [5.74, 6) is 4.28. The minimum absolute atomic E-state index is 0. The van der Waals surface area contributed by atoms with Crippen molar-refractivity contribution in [3.63, 3.8) is 0 Å². The second kappa shape index (κ2) is 27.8. The van der Waals surface area contributed by atoms with Crippen molar-refractivity contribution in [1.29, 1.82) is 0 Å². The first-order chi connectivity index (χ1) is 41.4. The predicted molar refractivity (Wildman–Crippen MR) is 336 cm³/mol. The number of hydrazine groups is 1. The Morgan fingerprint density at radius 3 is 1.37 bits per heavy atom. The topological polar surface area (TPSA) is 145 Å². The highest BCUT2D eigenvalue weighted by molar-refractivity contribution is 6.37. The molecule has 86 heavy (non-hydrogen) atoms. The molecule has 2 saturated heterocycles. The van der Waals surface area contributed by atoms with E-state index in [4.69, 9.17) is 84.3 Å². The number of carbonyl (C=O) groups is 2. The van der Waals surface area contributed by atoms with Gasteiger partial charge in [0.25, 0.3) is 0 Å². The Hall–Kier alpha value is -6.37. The lowest BCUT2D eigenvalue weighted by Gasteiger charge is -2.49. The zero-order valence-corrected chi connectivity index (χ0v) is 51.9. The Labute approximate surface area is 528 Å². The van der Waals surface area contributed by atoms with E-state index in [2.05, 4.69) is 30.5 Å². The molecule has 6 aromatic carbocycles. The summed E-state index contributed by atoms with van der Waals surface area (Å²) in [6.45, 7) is 9.07. The lowest BCUT2D eigenvalue weighted by atomic mass is 9.88. The smallest absolute Gasteiger partial charge is 0.231 e. The van der Waals surface area contributed by atoms with Crippen LogP contribution in [0.1, 0.15) is 60.8 Å². The molecule has 2 unspecified atom stereocenters. The van der Waals surface area contributed by atoms with Crippen molar-refractivity contribution in [3.8, 4) is 46.0 Å². The van der Waals surface area contributed by atoms with Gasteiger partial charge in [0.05, 0.1) is 31.9 Å². The van der Waals surface area contributed by atoms with Crippen LogP contribution in [0.2, 0.25) is 20.1 Å². The number of benzene rings is 6. The molecule has 16 nitrogen and oxygen atoms in total. The zero-order chi connectivity index (χ0) is 58.6. The van der Waals surface area contributed by atoms with Crippen molar-refractivity contribution < 1.29 is 47.5 Å². The largest absolute Gasteiger partial charge is 0.490 e. The number of ether oxygens (including phenoxy) is 8. The van der Waals surface area contributed by atoms with Crippen molar-refractivity contribution in [2.75, 3.05) is 83.2 Å². The molecule has 0 radical (unpaired) electrons. The average molecular weight is 1270 g/mol. The Morgan fingerprint density at radius 1 is 0.523 bits per heavy atom. The van der Waals surface area contributed by atoms with Gasteiger partial charge in [-0.15, -0.1) is 12.4 Å². The van der Waals surface area contributed by atoms with Crippen LogP contribution in [-0.4, -0.2) is 128 Å². The number of nitrogens with one attached hydrogen (secondary N) is 2. The van der Waals surface area contributed by atoms with Crippen LogP contribution in [0.25, 0.3) is 0 Å². The van der Waals surface area contributed by atoms with Crippen molar-refractivity contribution in [2.24, 2.45) is 11.8 Å². The molecule has 4 atom stereocenters. The summed E-state index contributed by atoms with van der Waals surface area (Å²) in [7, 11) is 0. The fourth-order valence-electron chi connectivity index (χ4n) is 11.9. The summed E-state index contributed by atoms with van der Waals surface area (Å²) in [5.41, 5.74) is 5.50. The molecule has 4 heterocycles. The van der Waals surface area contributed by atoms with Crippen LogP contribution in [0.4, 0.5) is 11.4 Å². The number of amides is 2. The van der Waals surface area contributed by atoms with Crippen molar-refractivity contribution in [3.05, 3.63) is 152 Å². The second-order valence-electron chi connectivity index (χ2n) is 22.7. The third kappa shape index (κ3) is 14.6. The summed E-state index contributed by atoms with van der Waals surface area (Å²) >= 11 is 25.7. The number of hydrogen-bond donors (Lipinski definition) is 2. The van der Waals surface area contributed by atoms with E-state index in [1.54, 1.807) is 0 Å². The number of carbonyl (C=O) groups excluding carboxylic acids is 2. The minimum Gasteiger partial charge on any atom is -0.490 e. The van der Waals surface area contributed by atoms with Crippen LogP contribution in [0.5, 0.6) is 46.0 Å². The number of hydrogen-bond acceptors (Lipinski definition) is 14. The number of halogens is 5. The Bertz CT molecular complexity index is 3310. The molecule has 2 amide bonds. The van der Waals surface area contributed by atoms with Crippen LogP contribution >= 0.6 is 58.8 Å². The van der Waals surface area contributed by atoms with E-state index in [9.17, 15) is 0 Å². The van der Waals surface area contributed by atoms with Gasteiger partial charge in [0.1, 0.15) is 51.1 Å². The summed E-state index contributed by atoms with van der Waals surface area (Å²) in [6.07, 6.45) is 5.08. The van der Waals surface area contributed by atoms with Gasteiger partial charge in [-0.05, 0) is 148 Å². The van der Waals surface area contributed by atoms with Crippen molar-refractivity contribution in [2.45, 2.75) is 89.6 Å². The van der Waals surface area contributed by atoms with Crippen molar-refractivity contribution in [1.82, 2.24) is 19.8 Å². The van der Waals surface area contributed by atoms with E-state index < -0.39 is 11.8 Å². The monoisotopic (exact) mass is 1270 g/mol. The molecule has 0 spiro atoms. The van der Waals surface area contributed by atoms with Crippen LogP contribution in [0, 0.1) is 25.7 Å². The second-order valence-corrected chi connectivity index (χ2v) is 24.3. The van der Waals surface area contributed by atoms with E-state index in [1.165, 1.54) is 0 Å². The average Bonchev–Trinajstić information content (AvgIpc) is 4.09. The molecule has 6 aromatic rings. The highest BCUT2D eigenvalue weighted by atomic mass is 35.5. The van der Waals surface area contributed by atoms with E-state index in [0.29, 0.717) is 131 Å². The van der Waals surface area contributed by atoms with Gasteiger partial charge in [-0.3, -0.25) is 9.59 Å². The van der Waals surface area contributed by atoms with Gasteiger partial charge in [-0.2, -0.15) is 0 Å². The molecule has 0 aromatic heterocycles. The number of para-hydroxylation sites is 2. The molecule has 12 rings (SSSR count). The van der Waals surface area contributed by atoms with Gasteiger partial charge >= 0.3 is 0 Å². The third-order valence-corrected chi connectivity index (χ3v) is 17.6. The van der Waals surface area contributed by atoms with Gasteiger partial charge in [0.15, 0.2) is 34.5 Å². The number of rotatable bonds is 23. The highest BCUT2D eigenvalue weighted by Gasteiger charge is 2.47. The number of nitrogens with zero attached hydrogens (tertiary/aromatic N) is 4. The van der Waals surface area contributed by atoms with Gasteiger partial charge in [-0.1, -0.05) is 70.7 Å². The molecule has 2 saturated carbocycles. The van der Waals surface area contributed by atoms with Gasteiger partial charge in [0.2, 0.25) is 18.6 Å². The molecule has 456 valence electrons. The lowest BCUT2D eigenvalue weighted by Crippen LogP contribution is -2.62. The molecule has 2 N–H and O–H groups in total.